The molecule has 1 atom stereocenters. The Morgan fingerprint density at radius 1 is 1.38 bits per heavy atom. The summed E-state index contributed by atoms with van der Waals surface area (Å²) in [6, 6.07) is 8.07. The van der Waals surface area contributed by atoms with Gasteiger partial charge in [0.05, 0.1) is 17.5 Å². The van der Waals surface area contributed by atoms with E-state index in [1.54, 1.807) is 4.68 Å². The zero-order valence-electron chi connectivity index (χ0n) is 14.5. The molecule has 0 amide bonds. The van der Waals surface area contributed by atoms with Gasteiger partial charge in [0.25, 0.3) is 0 Å². The van der Waals surface area contributed by atoms with Crippen molar-refractivity contribution >= 4 is 28.9 Å². The number of rotatable bonds is 6. The van der Waals surface area contributed by atoms with Crippen LogP contribution in [-0.4, -0.2) is 36.7 Å². The molecular weight excluding hydrogens is 368 g/mol. The minimum Gasteiger partial charge on any atom is -0.297 e. The van der Waals surface area contributed by atoms with E-state index in [0.29, 0.717) is 10.2 Å². The minimum absolute atomic E-state index is 0.0993. The second kappa shape index (κ2) is 7.76. The fourth-order valence-electron chi connectivity index (χ4n) is 2.36. The first-order valence-corrected chi connectivity index (χ1v) is 9.69. The number of thiazole rings is 1. The number of thioether (sulfide) groups is 1. The summed E-state index contributed by atoms with van der Waals surface area (Å²) >= 11 is 2.55. The van der Waals surface area contributed by atoms with E-state index in [1.165, 1.54) is 23.1 Å². The lowest BCUT2D eigenvalue weighted by Crippen LogP contribution is -2.14. The van der Waals surface area contributed by atoms with E-state index in [9.17, 15) is 10.1 Å². The van der Waals surface area contributed by atoms with Crippen LogP contribution < -0.4 is 0 Å². The van der Waals surface area contributed by atoms with E-state index < -0.39 is 5.92 Å². The Morgan fingerprint density at radius 2 is 2.19 bits per heavy atom. The molecule has 0 saturated heterocycles. The van der Waals surface area contributed by atoms with E-state index in [2.05, 4.69) is 26.6 Å². The predicted molar refractivity (Wildman–Crippen MR) is 99.6 cm³/mol. The predicted octanol–water partition coefficient (Wildman–Crippen LogP) is 3.01. The second-order valence-corrected chi connectivity index (χ2v) is 7.64. The van der Waals surface area contributed by atoms with E-state index in [1.807, 2.05) is 44.4 Å². The SMILES string of the molecule is Cc1ccc(C)c(-n2nnnc2SCC(=O)[C@@H](C#N)c2nc(C)cs2)c1. The van der Waals surface area contributed by atoms with Crippen molar-refractivity contribution in [2.45, 2.75) is 31.8 Å². The van der Waals surface area contributed by atoms with Gasteiger partial charge in [0.1, 0.15) is 5.01 Å². The van der Waals surface area contributed by atoms with Gasteiger partial charge in [0.15, 0.2) is 11.7 Å². The highest BCUT2D eigenvalue weighted by Gasteiger charge is 2.24. The van der Waals surface area contributed by atoms with Crippen LogP contribution in [0.2, 0.25) is 0 Å². The van der Waals surface area contributed by atoms with Crippen LogP contribution in [0.15, 0.2) is 28.7 Å². The number of aryl methyl sites for hydroxylation is 3. The summed E-state index contributed by atoms with van der Waals surface area (Å²) in [5, 5.41) is 24.0. The largest absolute Gasteiger partial charge is 0.297 e. The van der Waals surface area contributed by atoms with Crippen molar-refractivity contribution in [3.8, 4) is 11.8 Å². The van der Waals surface area contributed by atoms with Crippen LogP contribution in [-0.2, 0) is 4.79 Å². The molecule has 0 aliphatic carbocycles. The summed E-state index contributed by atoms with van der Waals surface area (Å²) in [4.78, 5) is 16.7. The van der Waals surface area contributed by atoms with Crippen LogP contribution in [0.5, 0.6) is 0 Å². The first kappa shape index (κ1) is 18.2. The number of carbonyl (C=O) groups excluding carboxylic acids is 1. The Kier molecular flexibility index (Phi) is 5.44. The third kappa shape index (κ3) is 3.81. The van der Waals surface area contributed by atoms with E-state index in [0.717, 1.165) is 22.5 Å². The van der Waals surface area contributed by atoms with Crippen molar-refractivity contribution in [3.05, 3.63) is 45.4 Å². The molecule has 7 nitrogen and oxygen atoms in total. The molecule has 0 saturated carbocycles. The van der Waals surface area contributed by atoms with E-state index in [4.69, 9.17) is 0 Å². The number of aromatic nitrogens is 5. The lowest BCUT2D eigenvalue weighted by atomic mass is 10.1. The summed E-state index contributed by atoms with van der Waals surface area (Å²) in [6.45, 7) is 5.82. The van der Waals surface area contributed by atoms with Crippen LogP contribution in [0, 0.1) is 32.1 Å². The Balaban J connectivity index is 1.77. The first-order chi connectivity index (χ1) is 12.5. The number of tetrazole rings is 1. The first-order valence-electron chi connectivity index (χ1n) is 7.82. The number of benzene rings is 1. The van der Waals surface area contributed by atoms with Gasteiger partial charge in [-0.1, -0.05) is 23.9 Å². The highest BCUT2D eigenvalue weighted by atomic mass is 32.2. The number of Topliss-reactive ketones (excluding diaryl/α,β-unsaturated/α-hetero) is 1. The zero-order valence-corrected chi connectivity index (χ0v) is 16.1. The highest BCUT2D eigenvalue weighted by Crippen LogP contribution is 2.25. The maximum absolute atomic E-state index is 12.5. The van der Waals surface area contributed by atoms with Crippen molar-refractivity contribution in [2.24, 2.45) is 0 Å². The molecule has 1 aromatic carbocycles. The van der Waals surface area contributed by atoms with E-state index >= 15 is 0 Å². The molecule has 132 valence electrons. The zero-order chi connectivity index (χ0) is 18.7. The van der Waals surface area contributed by atoms with Gasteiger partial charge in [0, 0.05) is 11.1 Å². The molecule has 26 heavy (non-hydrogen) atoms. The van der Waals surface area contributed by atoms with Crippen molar-refractivity contribution in [1.82, 2.24) is 25.2 Å². The maximum Gasteiger partial charge on any atom is 0.214 e. The summed E-state index contributed by atoms with van der Waals surface area (Å²) in [6.07, 6.45) is 0. The Bertz CT molecular complexity index is 987. The average Bonchev–Trinajstić information content (AvgIpc) is 3.25. The molecule has 3 aromatic rings. The molecule has 0 bridgehead atoms. The number of ketones is 1. The van der Waals surface area contributed by atoms with Gasteiger partial charge in [-0.3, -0.25) is 4.79 Å². The monoisotopic (exact) mass is 384 g/mol. The molecule has 3 rings (SSSR count). The third-order valence-electron chi connectivity index (χ3n) is 3.71. The van der Waals surface area contributed by atoms with Crippen LogP contribution in [0.1, 0.15) is 27.7 Å². The number of nitriles is 1. The van der Waals surface area contributed by atoms with Crippen LogP contribution >= 0.6 is 23.1 Å². The van der Waals surface area contributed by atoms with Crippen molar-refractivity contribution in [1.29, 1.82) is 5.26 Å². The Labute approximate surface area is 159 Å². The highest BCUT2D eigenvalue weighted by molar-refractivity contribution is 7.99. The van der Waals surface area contributed by atoms with Crippen LogP contribution in [0.25, 0.3) is 5.69 Å². The molecular formula is C17H16N6OS2. The fourth-order valence-corrected chi connectivity index (χ4v) is 4.01. The van der Waals surface area contributed by atoms with Gasteiger partial charge in [0.2, 0.25) is 5.16 Å². The lowest BCUT2D eigenvalue weighted by Gasteiger charge is -2.09. The van der Waals surface area contributed by atoms with Gasteiger partial charge in [-0.15, -0.1) is 16.4 Å². The Hall–Kier alpha value is -2.57. The summed E-state index contributed by atoms with van der Waals surface area (Å²) < 4.78 is 1.62. The van der Waals surface area contributed by atoms with Crippen molar-refractivity contribution < 1.29 is 4.79 Å². The number of hydrogen-bond acceptors (Lipinski definition) is 8. The molecule has 9 heteroatoms. The van der Waals surface area contributed by atoms with Gasteiger partial charge < -0.3 is 0 Å². The number of hydrogen-bond donors (Lipinski definition) is 0. The topological polar surface area (TPSA) is 97.4 Å². The quantitative estimate of drug-likeness (QED) is 0.603. The molecule has 0 radical (unpaired) electrons. The molecule has 0 aliphatic rings. The van der Waals surface area contributed by atoms with E-state index in [-0.39, 0.29) is 11.5 Å². The molecule has 0 aliphatic heterocycles. The normalized spacial score (nSPS) is 11.9. The standard InChI is InChI=1S/C17H16N6OS2/c1-10-4-5-11(2)14(6-10)23-17(20-21-22-23)26-9-15(24)13(7-18)16-19-12(3)8-25-16/h4-6,8,13H,9H2,1-3H3/t13-/m1/s1. The van der Waals surface area contributed by atoms with Crippen molar-refractivity contribution in [2.75, 3.05) is 5.75 Å². The Morgan fingerprint density at radius 3 is 2.88 bits per heavy atom. The maximum atomic E-state index is 12.5. The molecule has 0 unspecified atom stereocenters. The minimum atomic E-state index is -0.855. The van der Waals surface area contributed by atoms with Crippen LogP contribution in [0.3, 0.4) is 0 Å². The average molecular weight is 384 g/mol. The molecule has 0 fully saturated rings. The smallest absolute Gasteiger partial charge is 0.214 e. The summed E-state index contributed by atoms with van der Waals surface area (Å²) in [5.74, 6) is -0.962. The van der Waals surface area contributed by atoms with Gasteiger partial charge >= 0.3 is 0 Å². The second-order valence-electron chi connectivity index (χ2n) is 5.81. The molecule has 2 aromatic heterocycles. The number of nitrogens with zero attached hydrogens (tertiary/aromatic N) is 6. The van der Waals surface area contributed by atoms with Gasteiger partial charge in [-0.25, -0.2) is 4.98 Å². The molecule has 0 N–H and O–H groups in total. The summed E-state index contributed by atoms with van der Waals surface area (Å²) in [7, 11) is 0. The summed E-state index contributed by atoms with van der Waals surface area (Å²) in [5.41, 5.74) is 3.81. The fraction of sp³-hybridized carbons (Fsp3) is 0.294. The van der Waals surface area contributed by atoms with Crippen molar-refractivity contribution in [3.63, 3.8) is 0 Å². The third-order valence-corrected chi connectivity index (χ3v) is 5.68. The van der Waals surface area contributed by atoms with Crippen LogP contribution in [0.4, 0.5) is 0 Å². The van der Waals surface area contributed by atoms with Gasteiger partial charge in [-0.05, 0) is 48.4 Å². The molecule has 0 spiro atoms. The lowest BCUT2D eigenvalue weighted by molar-refractivity contribution is -0.116. The van der Waals surface area contributed by atoms with Gasteiger partial charge in [-0.2, -0.15) is 9.94 Å². The molecule has 2 heterocycles. The number of carbonyl (C=O) groups is 1.